The van der Waals surface area contributed by atoms with Gasteiger partial charge in [0, 0.05) is 33.2 Å². The van der Waals surface area contributed by atoms with Crippen molar-refractivity contribution in [3.63, 3.8) is 0 Å². The number of rotatable bonds is 5. The standard InChI is InChI=1S/C42H29N3/c1-28-25-37(36-23-21-32-22-24-38(30-15-7-3-8-16-30)45-41(32)42(36)43-28)34-19-11-12-20-35(34)40-27-33(29-13-5-2-6-14-29)26-39(44-40)31-17-9-4-10-18-31/h2-27H,1H3. The summed E-state index contributed by atoms with van der Waals surface area (Å²) in [5.41, 5.74) is 13.4. The maximum Gasteiger partial charge on any atom is 0.0974 e. The van der Waals surface area contributed by atoms with Crippen molar-refractivity contribution in [1.29, 1.82) is 0 Å². The summed E-state index contributed by atoms with van der Waals surface area (Å²) in [6.45, 7) is 2.06. The highest BCUT2D eigenvalue weighted by Gasteiger charge is 2.17. The van der Waals surface area contributed by atoms with Crippen LogP contribution in [0.5, 0.6) is 0 Å². The van der Waals surface area contributed by atoms with E-state index in [0.717, 1.165) is 83.5 Å². The predicted octanol–water partition coefficient (Wildman–Crippen LogP) is 10.8. The molecular weight excluding hydrogens is 546 g/mol. The molecule has 5 aromatic carbocycles. The Morgan fingerprint density at radius 1 is 0.356 bits per heavy atom. The second-order valence-electron chi connectivity index (χ2n) is 11.3. The first-order chi connectivity index (χ1) is 22.2. The Morgan fingerprint density at radius 2 is 0.933 bits per heavy atom. The lowest BCUT2D eigenvalue weighted by molar-refractivity contribution is 1.25. The van der Waals surface area contributed by atoms with Crippen LogP contribution in [0.2, 0.25) is 0 Å². The Kier molecular flexibility index (Phi) is 6.69. The fourth-order valence-electron chi connectivity index (χ4n) is 6.16. The minimum atomic E-state index is 0.908. The Bertz CT molecular complexity index is 2250. The van der Waals surface area contributed by atoms with Gasteiger partial charge in [0.1, 0.15) is 0 Å². The third-order valence-electron chi connectivity index (χ3n) is 8.33. The molecule has 0 N–H and O–H groups in total. The van der Waals surface area contributed by atoms with Crippen LogP contribution in [0.3, 0.4) is 0 Å². The molecule has 0 spiro atoms. The van der Waals surface area contributed by atoms with Crippen LogP contribution in [0.1, 0.15) is 5.69 Å². The summed E-state index contributed by atoms with van der Waals surface area (Å²) in [4.78, 5) is 15.5. The molecule has 0 aliphatic heterocycles. The van der Waals surface area contributed by atoms with Gasteiger partial charge in [-0.05, 0) is 53.4 Å². The molecule has 3 nitrogen and oxygen atoms in total. The molecule has 3 aromatic heterocycles. The second kappa shape index (κ2) is 11.3. The van der Waals surface area contributed by atoms with Crippen molar-refractivity contribution >= 4 is 21.8 Å². The van der Waals surface area contributed by atoms with E-state index >= 15 is 0 Å². The van der Waals surface area contributed by atoms with Gasteiger partial charge < -0.3 is 0 Å². The number of aromatic nitrogens is 3. The molecule has 0 saturated heterocycles. The van der Waals surface area contributed by atoms with E-state index in [2.05, 4.69) is 140 Å². The number of fused-ring (bicyclic) bond motifs is 3. The highest BCUT2D eigenvalue weighted by Crippen LogP contribution is 2.39. The van der Waals surface area contributed by atoms with E-state index in [4.69, 9.17) is 15.0 Å². The van der Waals surface area contributed by atoms with E-state index in [9.17, 15) is 0 Å². The quantitative estimate of drug-likeness (QED) is 0.192. The molecule has 0 atom stereocenters. The lowest BCUT2D eigenvalue weighted by atomic mass is 9.92. The number of pyridine rings is 3. The molecule has 8 rings (SSSR count). The van der Waals surface area contributed by atoms with Crippen molar-refractivity contribution in [3.8, 4) is 56.0 Å². The average Bonchev–Trinajstić information content (AvgIpc) is 3.12. The summed E-state index contributed by atoms with van der Waals surface area (Å²) < 4.78 is 0. The second-order valence-corrected chi connectivity index (χ2v) is 11.3. The molecule has 0 aliphatic carbocycles. The van der Waals surface area contributed by atoms with Crippen LogP contribution in [0.25, 0.3) is 77.8 Å². The number of hydrogen-bond donors (Lipinski definition) is 0. The normalized spacial score (nSPS) is 11.2. The summed E-state index contributed by atoms with van der Waals surface area (Å²) in [7, 11) is 0. The zero-order chi connectivity index (χ0) is 30.2. The first-order valence-corrected chi connectivity index (χ1v) is 15.2. The summed E-state index contributed by atoms with van der Waals surface area (Å²) in [6, 6.07) is 55.0. The highest BCUT2D eigenvalue weighted by molar-refractivity contribution is 6.10. The van der Waals surface area contributed by atoms with Gasteiger partial charge in [0.25, 0.3) is 0 Å². The van der Waals surface area contributed by atoms with E-state index in [1.807, 2.05) is 24.3 Å². The van der Waals surface area contributed by atoms with Gasteiger partial charge in [0.15, 0.2) is 0 Å². The van der Waals surface area contributed by atoms with Gasteiger partial charge in [0.2, 0.25) is 0 Å². The number of nitrogens with zero attached hydrogens (tertiary/aromatic N) is 3. The summed E-state index contributed by atoms with van der Waals surface area (Å²) in [6.07, 6.45) is 0. The Morgan fingerprint density at radius 3 is 1.64 bits per heavy atom. The fraction of sp³-hybridized carbons (Fsp3) is 0.0238. The minimum Gasteiger partial charge on any atom is -0.251 e. The predicted molar refractivity (Wildman–Crippen MR) is 187 cm³/mol. The van der Waals surface area contributed by atoms with Crippen molar-refractivity contribution in [2.24, 2.45) is 0 Å². The van der Waals surface area contributed by atoms with Gasteiger partial charge in [-0.1, -0.05) is 133 Å². The van der Waals surface area contributed by atoms with E-state index in [-0.39, 0.29) is 0 Å². The zero-order valence-electron chi connectivity index (χ0n) is 24.9. The van der Waals surface area contributed by atoms with Crippen LogP contribution in [0, 0.1) is 6.92 Å². The lowest BCUT2D eigenvalue weighted by Gasteiger charge is -2.16. The van der Waals surface area contributed by atoms with E-state index in [0.29, 0.717) is 0 Å². The van der Waals surface area contributed by atoms with Crippen LogP contribution < -0.4 is 0 Å². The molecule has 0 aliphatic rings. The smallest absolute Gasteiger partial charge is 0.0974 e. The fourth-order valence-corrected chi connectivity index (χ4v) is 6.16. The summed E-state index contributed by atoms with van der Waals surface area (Å²) in [5.74, 6) is 0. The summed E-state index contributed by atoms with van der Waals surface area (Å²) in [5, 5.41) is 2.14. The molecule has 0 amide bonds. The SMILES string of the molecule is Cc1cc(-c2ccccc2-c2cc(-c3ccccc3)cc(-c3ccccc3)n2)c2ccc3ccc(-c4ccccc4)nc3c2n1. The molecule has 45 heavy (non-hydrogen) atoms. The Balaban J connectivity index is 1.35. The van der Waals surface area contributed by atoms with Gasteiger partial charge in [-0.15, -0.1) is 0 Å². The summed E-state index contributed by atoms with van der Waals surface area (Å²) >= 11 is 0. The van der Waals surface area contributed by atoms with Crippen molar-refractivity contribution < 1.29 is 0 Å². The van der Waals surface area contributed by atoms with Crippen molar-refractivity contribution in [2.45, 2.75) is 6.92 Å². The maximum atomic E-state index is 5.26. The topological polar surface area (TPSA) is 38.7 Å². The van der Waals surface area contributed by atoms with Crippen LogP contribution in [0.4, 0.5) is 0 Å². The molecule has 0 unspecified atom stereocenters. The van der Waals surface area contributed by atoms with Gasteiger partial charge in [-0.2, -0.15) is 0 Å². The monoisotopic (exact) mass is 575 g/mol. The third-order valence-corrected chi connectivity index (χ3v) is 8.33. The molecule has 8 aromatic rings. The zero-order valence-corrected chi connectivity index (χ0v) is 24.9. The van der Waals surface area contributed by atoms with E-state index in [1.54, 1.807) is 0 Å². The molecule has 212 valence electrons. The Hall–Kier alpha value is -5.93. The largest absolute Gasteiger partial charge is 0.251 e. The number of hydrogen-bond acceptors (Lipinski definition) is 3. The van der Waals surface area contributed by atoms with Crippen LogP contribution in [0.15, 0.2) is 158 Å². The third kappa shape index (κ3) is 5.05. The maximum absolute atomic E-state index is 5.26. The van der Waals surface area contributed by atoms with Crippen molar-refractivity contribution in [1.82, 2.24) is 15.0 Å². The highest BCUT2D eigenvalue weighted by atomic mass is 14.8. The van der Waals surface area contributed by atoms with Crippen LogP contribution in [-0.2, 0) is 0 Å². The van der Waals surface area contributed by atoms with E-state index in [1.165, 1.54) is 0 Å². The molecule has 3 heteroatoms. The molecule has 0 bridgehead atoms. The van der Waals surface area contributed by atoms with Crippen molar-refractivity contribution in [3.05, 3.63) is 163 Å². The van der Waals surface area contributed by atoms with Gasteiger partial charge >= 0.3 is 0 Å². The molecule has 0 saturated carbocycles. The van der Waals surface area contributed by atoms with Crippen molar-refractivity contribution in [2.75, 3.05) is 0 Å². The van der Waals surface area contributed by atoms with Gasteiger partial charge in [0.05, 0.1) is 28.1 Å². The first-order valence-electron chi connectivity index (χ1n) is 15.2. The van der Waals surface area contributed by atoms with E-state index < -0.39 is 0 Å². The van der Waals surface area contributed by atoms with Crippen LogP contribution in [-0.4, -0.2) is 15.0 Å². The van der Waals surface area contributed by atoms with Gasteiger partial charge in [-0.3, -0.25) is 4.98 Å². The lowest BCUT2D eigenvalue weighted by Crippen LogP contribution is -1.96. The van der Waals surface area contributed by atoms with Crippen LogP contribution >= 0.6 is 0 Å². The van der Waals surface area contributed by atoms with Gasteiger partial charge in [-0.25, -0.2) is 9.97 Å². The number of benzene rings is 5. The molecule has 3 heterocycles. The average molecular weight is 576 g/mol. The Labute approximate surface area is 262 Å². The number of aryl methyl sites for hydroxylation is 1. The minimum absolute atomic E-state index is 0.908. The molecule has 0 radical (unpaired) electrons. The first kappa shape index (κ1) is 26.7. The molecular formula is C42H29N3. The molecule has 0 fully saturated rings.